The van der Waals surface area contributed by atoms with Gasteiger partial charge in [0.1, 0.15) is 11.1 Å². The Bertz CT molecular complexity index is 1400. The zero-order chi connectivity index (χ0) is 24.2. The van der Waals surface area contributed by atoms with Crippen molar-refractivity contribution < 1.29 is 14.0 Å². The number of halogens is 1. The van der Waals surface area contributed by atoms with Gasteiger partial charge < -0.3 is 10.3 Å². The van der Waals surface area contributed by atoms with E-state index in [1.165, 1.54) is 23.9 Å². The van der Waals surface area contributed by atoms with E-state index in [0.717, 1.165) is 22.2 Å². The molecule has 2 N–H and O–H groups in total. The van der Waals surface area contributed by atoms with Gasteiger partial charge in [0.15, 0.2) is 5.17 Å². The molecule has 0 spiro atoms. The lowest BCUT2D eigenvalue weighted by Crippen LogP contribution is -2.35. The van der Waals surface area contributed by atoms with Crippen molar-refractivity contribution in [1.29, 1.82) is 0 Å². The second-order valence-corrected chi connectivity index (χ2v) is 9.34. The fourth-order valence-electron chi connectivity index (χ4n) is 4.05. The van der Waals surface area contributed by atoms with Crippen LogP contribution in [0, 0.1) is 5.82 Å². The summed E-state index contributed by atoms with van der Waals surface area (Å²) in [6.07, 6.45) is 2.53. The summed E-state index contributed by atoms with van der Waals surface area (Å²) in [5, 5.41) is 3.62. The van der Waals surface area contributed by atoms with E-state index < -0.39 is 17.0 Å². The van der Waals surface area contributed by atoms with Gasteiger partial charge in [-0.05, 0) is 42.3 Å². The molecule has 0 aliphatic carbocycles. The summed E-state index contributed by atoms with van der Waals surface area (Å²) in [6, 6.07) is 23.4. The molecule has 2 amide bonds. The van der Waals surface area contributed by atoms with Crippen LogP contribution in [0.2, 0.25) is 0 Å². The predicted octanol–water partition coefficient (Wildman–Crippen LogP) is 5.51. The van der Waals surface area contributed by atoms with Crippen molar-refractivity contribution in [2.75, 3.05) is 11.9 Å². The number of benzene rings is 3. The van der Waals surface area contributed by atoms with Crippen LogP contribution in [0.5, 0.6) is 0 Å². The number of nitrogens with zero attached hydrogens (tertiary/aromatic N) is 2. The number of amides is 2. The van der Waals surface area contributed by atoms with E-state index in [0.29, 0.717) is 18.1 Å². The number of aromatic amines is 1. The molecular weight excluding hydrogens is 463 g/mol. The van der Waals surface area contributed by atoms with E-state index in [-0.39, 0.29) is 18.0 Å². The Kier molecular flexibility index (Phi) is 6.63. The molecule has 1 unspecified atom stereocenters. The highest BCUT2D eigenvalue weighted by Crippen LogP contribution is 2.32. The number of H-pyrrole nitrogens is 1. The molecule has 4 aromatic rings. The average Bonchev–Trinajstić information content (AvgIpc) is 3.40. The Hall–Kier alpha value is -3.91. The summed E-state index contributed by atoms with van der Waals surface area (Å²) in [7, 11) is 0. The number of aliphatic imine (C=N–C) groups is 1. The molecule has 0 radical (unpaired) electrons. The normalized spacial score (nSPS) is 16.8. The second-order valence-electron chi connectivity index (χ2n) is 8.17. The number of amidine groups is 1. The first-order valence-electron chi connectivity index (χ1n) is 11.3. The first kappa shape index (κ1) is 22.9. The van der Waals surface area contributed by atoms with Crippen molar-refractivity contribution >= 4 is 51.0 Å². The highest BCUT2D eigenvalue weighted by atomic mass is 32.2. The molecule has 1 fully saturated rings. The standard InChI is InChI=1S/C27H23FN4O2S/c28-21-11-5-7-13-23(21)31-25(33)16-24-26(34)32(27(35-24)30-19-8-2-1-3-9-19)15-14-18-17-29-22-12-6-4-10-20(18)22/h1-13,17,24,29H,14-16H2,(H,31,33). The summed E-state index contributed by atoms with van der Waals surface area (Å²) in [6.45, 7) is 0.435. The molecule has 1 atom stereocenters. The Balaban J connectivity index is 1.34. The van der Waals surface area contributed by atoms with Gasteiger partial charge in [0.05, 0.1) is 11.4 Å². The molecular formula is C27H23FN4O2S. The molecule has 1 saturated heterocycles. The van der Waals surface area contributed by atoms with E-state index in [1.807, 2.05) is 54.7 Å². The lowest BCUT2D eigenvalue weighted by molar-refractivity contribution is -0.128. The molecule has 3 aromatic carbocycles. The minimum Gasteiger partial charge on any atom is -0.361 e. The van der Waals surface area contributed by atoms with Gasteiger partial charge in [-0.1, -0.05) is 60.3 Å². The van der Waals surface area contributed by atoms with Gasteiger partial charge in [-0.2, -0.15) is 0 Å². The number of carbonyl (C=O) groups is 2. The number of nitrogens with one attached hydrogen (secondary N) is 2. The molecule has 1 aliphatic rings. The van der Waals surface area contributed by atoms with E-state index >= 15 is 0 Å². The van der Waals surface area contributed by atoms with Crippen molar-refractivity contribution in [3.8, 4) is 0 Å². The zero-order valence-electron chi connectivity index (χ0n) is 18.8. The number of anilines is 1. The maximum absolute atomic E-state index is 13.9. The second kappa shape index (κ2) is 10.1. The van der Waals surface area contributed by atoms with E-state index in [2.05, 4.69) is 16.4 Å². The number of para-hydroxylation sites is 3. The third kappa shape index (κ3) is 5.12. The minimum absolute atomic E-state index is 0.0742. The summed E-state index contributed by atoms with van der Waals surface area (Å²) in [4.78, 5) is 35.6. The van der Waals surface area contributed by atoms with Crippen molar-refractivity contribution in [2.45, 2.75) is 18.1 Å². The van der Waals surface area contributed by atoms with Crippen molar-refractivity contribution in [2.24, 2.45) is 4.99 Å². The molecule has 176 valence electrons. The predicted molar refractivity (Wildman–Crippen MR) is 138 cm³/mol. The van der Waals surface area contributed by atoms with Crippen LogP contribution < -0.4 is 5.32 Å². The van der Waals surface area contributed by atoms with Gasteiger partial charge in [0.25, 0.3) is 0 Å². The topological polar surface area (TPSA) is 77.6 Å². The smallest absolute Gasteiger partial charge is 0.242 e. The summed E-state index contributed by atoms with van der Waals surface area (Å²) < 4.78 is 13.9. The molecule has 2 heterocycles. The van der Waals surface area contributed by atoms with Gasteiger partial charge in [-0.3, -0.25) is 14.5 Å². The van der Waals surface area contributed by atoms with Crippen LogP contribution >= 0.6 is 11.8 Å². The van der Waals surface area contributed by atoms with Crippen molar-refractivity contribution in [3.63, 3.8) is 0 Å². The highest BCUT2D eigenvalue weighted by Gasteiger charge is 2.39. The third-order valence-corrected chi connectivity index (χ3v) is 6.97. The van der Waals surface area contributed by atoms with E-state index in [4.69, 9.17) is 4.99 Å². The fourth-order valence-corrected chi connectivity index (χ4v) is 5.23. The first-order valence-corrected chi connectivity index (χ1v) is 12.2. The number of hydrogen-bond acceptors (Lipinski definition) is 4. The van der Waals surface area contributed by atoms with Gasteiger partial charge >= 0.3 is 0 Å². The maximum atomic E-state index is 13.9. The third-order valence-electron chi connectivity index (χ3n) is 5.80. The Morgan fingerprint density at radius 3 is 2.60 bits per heavy atom. The molecule has 1 aliphatic heterocycles. The average molecular weight is 487 g/mol. The Labute approximate surface area is 206 Å². The quantitative estimate of drug-likeness (QED) is 0.362. The lowest BCUT2D eigenvalue weighted by Gasteiger charge is -2.16. The molecule has 1 aromatic heterocycles. The van der Waals surface area contributed by atoms with Gasteiger partial charge in [0.2, 0.25) is 11.8 Å². The van der Waals surface area contributed by atoms with Crippen LogP contribution in [-0.4, -0.2) is 38.7 Å². The van der Waals surface area contributed by atoms with Crippen LogP contribution in [0.15, 0.2) is 90.1 Å². The van der Waals surface area contributed by atoms with E-state index in [9.17, 15) is 14.0 Å². The van der Waals surface area contributed by atoms with Crippen LogP contribution in [-0.2, 0) is 16.0 Å². The van der Waals surface area contributed by atoms with Crippen LogP contribution in [0.1, 0.15) is 12.0 Å². The lowest BCUT2D eigenvalue weighted by atomic mass is 10.1. The first-order chi connectivity index (χ1) is 17.1. The molecule has 6 nitrogen and oxygen atoms in total. The Morgan fingerprint density at radius 2 is 1.77 bits per heavy atom. The number of thioether (sulfide) groups is 1. The number of aromatic nitrogens is 1. The minimum atomic E-state index is -0.632. The molecule has 0 bridgehead atoms. The summed E-state index contributed by atoms with van der Waals surface area (Å²) in [5.41, 5.74) is 2.99. The summed E-state index contributed by atoms with van der Waals surface area (Å²) in [5.74, 6) is -1.11. The van der Waals surface area contributed by atoms with Crippen molar-refractivity contribution in [1.82, 2.24) is 9.88 Å². The van der Waals surface area contributed by atoms with Gasteiger partial charge in [-0.25, -0.2) is 9.38 Å². The molecule has 8 heteroatoms. The monoisotopic (exact) mass is 486 g/mol. The number of hydrogen-bond donors (Lipinski definition) is 2. The highest BCUT2D eigenvalue weighted by molar-refractivity contribution is 8.15. The number of carbonyl (C=O) groups excluding carboxylic acids is 2. The summed E-state index contributed by atoms with van der Waals surface area (Å²) >= 11 is 1.27. The number of rotatable bonds is 7. The van der Waals surface area contributed by atoms with E-state index in [1.54, 1.807) is 17.0 Å². The molecule has 35 heavy (non-hydrogen) atoms. The van der Waals surface area contributed by atoms with Crippen LogP contribution in [0.3, 0.4) is 0 Å². The van der Waals surface area contributed by atoms with Gasteiger partial charge in [0, 0.05) is 30.1 Å². The molecule has 0 saturated carbocycles. The largest absolute Gasteiger partial charge is 0.361 e. The zero-order valence-corrected chi connectivity index (χ0v) is 19.6. The van der Waals surface area contributed by atoms with Crippen LogP contribution in [0.25, 0.3) is 10.9 Å². The maximum Gasteiger partial charge on any atom is 0.242 e. The molecule has 5 rings (SSSR count). The SMILES string of the molecule is O=C(CC1SC(=Nc2ccccc2)N(CCc2c[nH]c3ccccc23)C1=O)Nc1ccccc1F. The van der Waals surface area contributed by atoms with Crippen molar-refractivity contribution in [3.05, 3.63) is 96.4 Å². The Morgan fingerprint density at radius 1 is 1.03 bits per heavy atom. The van der Waals surface area contributed by atoms with Gasteiger partial charge in [-0.15, -0.1) is 0 Å². The number of fused-ring (bicyclic) bond motifs is 1. The van der Waals surface area contributed by atoms with Crippen LogP contribution in [0.4, 0.5) is 15.8 Å². The fraction of sp³-hybridized carbons (Fsp3) is 0.148.